The summed E-state index contributed by atoms with van der Waals surface area (Å²) in [5, 5.41) is 0.809. The molecule has 0 saturated carbocycles. The normalized spacial score (nSPS) is 11.0. The number of esters is 1. The maximum absolute atomic E-state index is 13.0. The SMILES string of the molecule is CCOC(=O)c1c(C)n(-c2ccc(OCC)cc2)c2ccc(OCc3cc(C)c(C)cc3C)cc12. The standard InChI is InChI=1S/C30H33NO4/c1-7-33-25-11-9-24(10-12-25)31-22(6)29(30(32)34-8-2)27-17-26(13-14-28(27)31)35-18-23-16-20(4)19(3)15-21(23)5/h9-17H,7-8,18H2,1-6H3. The van der Waals surface area contributed by atoms with Crippen LogP contribution in [0.3, 0.4) is 0 Å². The Morgan fingerprint density at radius 2 is 1.46 bits per heavy atom. The fourth-order valence-electron chi connectivity index (χ4n) is 4.48. The molecule has 0 spiro atoms. The zero-order chi connectivity index (χ0) is 25.1. The minimum atomic E-state index is -0.332. The van der Waals surface area contributed by atoms with Crippen LogP contribution in [-0.4, -0.2) is 23.8 Å². The lowest BCUT2D eigenvalue weighted by Gasteiger charge is -2.12. The number of fused-ring (bicyclic) bond motifs is 1. The van der Waals surface area contributed by atoms with Gasteiger partial charge in [-0.3, -0.25) is 0 Å². The molecule has 0 aliphatic carbocycles. The van der Waals surface area contributed by atoms with Crippen LogP contribution in [0.2, 0.25) is 0 Å². The number of benzene rings is 3. The molecule has 4 rings (SSSR count). The number of carbonyl (C=O) groups is 1. The van der Waals surface area contributed by atoms with Crippen LogP contribution < -0.4 is 9.47 Å². The largest absolute Gasteiger partial charge is 0.494 e. The van der Waals surface area contributed by atoms with E-state index in [2.05, 4.69) is 37.5 Å². The molecule has 0 aliphatic heterocycles. The van der Waals surface area contributed by atoms with Crippen LogP contribution in [0.4, 0.5) is 0 Å². The third kappa shape index (κ3) is 4.90. The van der Waals surface area contributed by atoms with Crippen LogP contribution >= 0.6 is 0 Å². The van der Waals surface area contributed by atoms with Crippen LogP contribution in [0.1, 0.15) is 52.2 Å². The maximum atomic E-state index is 13.0. The Bertz CT molecular complexity index is 1370. The van der Waals surface area contributed by atoms with Gasteiger partial charge in [-0.15, -0.1) is 0 Å². The van der Waals surface area contributed by atoms with E-state index >= 15 is 0 Å². The van der Waals surface area contributed by atoms with Gasteiger partial charge in [0.1, 0.15) is 18.1 Å². The highest BCUT2D eigenvalue weighted by Gasteiger charge is 2.22. The van der Waals surface area contributed by atoms with Crippen LogP contribution in [0.15, 0.2) is 54.6 Å². The minimum absolute atomic E-state index is 0.316. The van der Waals surface area contributed by atoms with Gasteiger partial charge >= 0.3 is 5.97 Å². The average Bonchev–Trinajstić information content (AvgIpc) is 3.12. The van der Waals surface area contributed by atoms with E-state index in [4.69, 9.17) is 14.2 Å². The summed E-state index contributed by atoms with van der Waals surface area (Å²) in [6, 6.07) is 18.2. The second-order valence-corrected chi connectivity index (χ2v) is 8.77. The van der Waals surface area contributed by atoms with Gasteiger partial charge in [0, 0.05) is 16.8 Å². The summed E-state index contributed by atoms with van der Waals surface area (Å²) in [7, 11) is 0. The van der Waals surface area contributed by atoms with E-state index in [1.165, 1.54) is 16.7 Å². The van der Waals surface area contributed by atoms with Gasteiger partial charge in [0.05, 0.1) is 24.3 Å². The fraction of sp³-hybridized carbons (Fsp3) is 0.300. The first kappa shape index (κ1) is 24.4. The summed E-state index contributed by atoms with van der Waals surface area (Å²) in [4.78, 5) is 13.0. The van der Waals surface area contributed by atoms with Crippen molar-refractivity contribution in [1.29, 1.82) is 0 Å². The number of carbonyl (C=O) groups excluding carboxylic acids is 1. The molecule has 5 nitrogen and oxygen atoms in total. The quantitative estimate of drug-likeness (QED) is 0.259. The van der Waals surface area contributed by atoms with Crippen LogP contribution in [-0.2, 0) is 11.3 Å². The summed E-state index contributed by atoms with van der Waals surface area (Å²) < 4.78 is 19.3. The molecule has 0 saturated heterocycles. The lowest BCUT2D eigenvalue weighted by molar-refractivity contribution is 0.0527. The average molecular weight is 472 g/mol. The lowest BCUT2D eigenvalue weighted by atomic mass is 10.0. The zero-order valence-corrected chi connectivity index (χ0v) is 21.4. The molecule has 1 heterocycles. The van der Waals surface area contributed by atoms with E-state index < -0.39 is 0 Å². The van der Waals surface area contributed by atoms with Crippen molar-refractivity contribution in [2.24, 2.45) is 0 Å². The number of rotatable bonds is 8. The summed E-state index contributed by atoms with van der Waals surface area (Å²) in [5.41, 5.74) is 8.14. The highest BCUT2D eigenvalue weighted by molar-refractivity contribution is 6.07. The highest BCUT2D eigenvalue weighted by Crippen LogP contribution is 2.33. The number of ether oxygens (including phenoxy) is 3. The van der Waals surface area contributed by atoms with Gasteiger partial charge in [0.25, 0.3) is 0 Å². The van der Waals surface area contributed by atoms with E-state index in [-0.39, 0.29) is 5.97 Å². The Morgan fingerprint density at radius 3 is 2.14 bits per heavy atom. The molecule has 0 amide bonds. The molecule has 0 aliphatic rings. The minimum Gasteiger partial charge on any atom is -0.494 e. The van der Waals surface area contributed by atoms with Gasteiger partial charge in [0.2, 0.25) is 0 Å². The topological polar surface area (TPSA) is 49.7 Å². The van der Waals surface area contributed by atoms with Gasteiger partial charge in [0.15, 0.2) is 0 Å². The lowest BCUT2D eigenvalue weighted by Crippen LogP contribution is -2.07. The second kappa shape index (κ2) is 10.3. The number of hydrogen-bond donors (Lipinski definition) is 0. The van der Waals surface area contributed by atoms with E-state index in [0.29, 0.717) is 31.1 Å². The monoisotopic (exact) mass is 471 g/mol. The van der Waals surface area contributed by atoms with E-state index in [9.17, 15) is 4.79 Å². The number of aromatic nitrogens is 1. The van der Waals surface area contributed by atoms with Crippen molar-refractivity contribution in [3.05, 3.63) is 88.1 Å². The fourth-order valence-corrected chi connectivity index (χ4v) is 4.48. The molecule has 0 bridgehead atoms. The molecule has 0 unspecified atom stereocenters. The molecule has 1 aromatic heterocycles. The van der Waals surface area contributed by atoms with Gasteiger partial charge < -0.3 is 18.8 Å². The van der Waals surface area contributed by atoms with Crippen molar-refractivity contribution in [3.8, 4) is 17.2 Å². The number of hydrogen-bond acceptors (Lipinski definition) is 4. The van der Waals surface area contributed by atoms with Crippen LogP contribution in [0.25, 0.3) is 16.6 Å². The molecule has 0 atom stereocenters. The van der Waals surface area contributed by atoms with E-state index in [1.54, 1.807) is 0 Å². The molecule has 0 N–H and O–H groups in total. The van der Waals surface area contributed by atoms with Crippen LogP contribution in [0.5, 0.6) is 11.5 Å². The zero-order valence-electron chi connectivity index (χ0n) is 21.4. The molecular formula is C30H33NO4. The Morgan fingerprint density at radius 1 is 0.771 bits per heavy atom. The van der Waals surface area contributed by atoms with Gasteiger partial charge in [-0.25, -0.2) is 4.79 Å². The van der Waals surface area contributed by atoms with Crippen LogP contribution in [0, 0.1) is 27.7 Å². The molecule has 0 radical (unpaired) electrons. The molecule has 182 valence electrons. The first-order chi connectivity index (χ1) is 16.8. The molecule has 35 heavy (non-hydrogen) atoms. The van der Waals surface area contributed by atoms with Gasteiger partial charge in [-0.2, -0.15) is 0 Å². The van der Waals surface area contributed by atoms with Crippen molar-refractivity contribution in [1.82, 2.24) is 4.57 Å². The predicted molar refractivity (Wildman–Crippen MR) is 140 cm³/mol. The molecule has 4 aromatic rings. The summed E-state index contributed by atoms with van der Waals surface area (Å²) in [6.07, 6.45) is 0. The van der Waals surface area contributed by atoms with Gasteiger partial charge in [-0.05, 0) is 106 Å². The third-order valence-corrected chi connectivity index (χ3v) is 6.41. The van der Waals surface area contributed by atoms with Crippen molar-refractivity contribution < 1.29 is 19.0 Å². The molecule has 3 aromatic carbocycles. The Kier molecular flexibility index (Phi) is 7.15. The molecule has 5 heteroatoms. The first-order valence-electron chi connectivity index (χ1n) is 12.1. The summed E-state index contributed by atoms with van der Waals surface area (Å²) in [5.74, 6) is 1.19. The third-order valence-electron chi connectivity index (χ3n) is 6.41. The first-order valence-corrected chi connectivity index (χ1v) is 12.1. The van der Waals surface area contributed by atoms with Crippen molar-refractivity contribution in [2.75, 3.05) is 13.2 Å². The Balaban J connectivity index is 1.75. The predicted octanol–water partition coefficient (Wildman–Crippen LogP) is 7.02. The van der Waals surface area contributed by atoms with Crippen molar-refractivity contribution in [3.63, 3.8) is 0 Å². The second-order valence-electron chi connectivity index (χ2n) is 8.77. The van der Waals surface area contributed by atoms with Crippen molar-refractivity contribution >= 4 is 16.9 Å². The Labute approximate surface area is 207 Å². The molecular weight excluding hydrogens is 438 g/mol. The van der Waals surface area contributed by atoms with Crippen molar-refractivity contribution in [2.45, 2.75) is 48.1 Å². The maximum Gasteiger partial charge on any atom is 0.340 e. The van der Waals surface area contributed by atoms with E-state index in [1.807, 2.05) is 63.2 Å². The number of aryl methyl sites for hydroxylation is 3. The summed E-state index contributed by atoms with van der Waals surface area (Å²) >= 11 is 0. The van der Waals surface area contributed by atoms with E-state index in [0.717, 1.165) is 33.6 Å². The smallest absolute Gasteiger partial charge is 0.340 e. The van der Waals surface area contributed by atoms with Gasteiger partial charge in [-0.1, -0.05) is 12.1 Å². The highest BCUT2D eigenvalue weighted by atomic mass is 16.5. The molecule has 0 fully saturated rings. The number of nitrogens with zero attached hydrogens (tertiary/aromatic N) is 1. The Hall–Kier alpha value is -3.73. The summed E-state index contributed by atoms with van der Waals surface area (Å²) in [6.45, 7) is 13.5.